The summed E-state index contributed by atoms with van der Waals surface area (Å²) in [5.41, 5.74) is 3.05. The minimum atomic E-state index is -0.193. The fraction of sp³-hybridized carbons (Fsp3) is 0.261. The van der Waals surface area contributed by atoms with E-state index in [1.807, 2.05) is 13.0 Å². The van der Waals surface area contributed by atoms with E-state index in [0.29, 0.717) is 28.0 Å². The van der Waals surface area contributed by atoms with Crippen LogP contribution in [-0.2, 0) is 0 Å². The highest BCUT2D eigenvalue weighted by Gasteiger charge is 2.15. The minimum Gasteiger partial charge on any atom is -0.496 e. The largest absolute Gasteiger partial charge is 0.496 e. The summed E-state index contributed by atoms with van der Waals surface area (Å²) in [5, 5.41) is 0. The lowest BCUT2D eigenvalue weighted by atomic mass is 10.0. The summed E-state index contributed by atoms with van der Waals surface area (Å²) in [6, 6.07) is 10.0. The average molecular weight is 394 g/mol. The monoisotopic (exact) mass is 394 g/mol. The van der Waals surface area contributed by atoms with Crippen molar-refractivity contribution in [1.29, 1.82) is 0 Å². The molecule has 152 valence electrons. The summed E-state index contributed by atoms with van der Waals surface area (Å²) in [5.74, 6) is 0.0886. The van der Waals surface area contributed by atoms with E-state index in [9.17, 15) is 14.4 Å². The first kappa shape index (κ1) is 21.9. The number of rotatable bonds is 6. The maximum Gasteiger partial charge on any atom is 0.253 e. The fourth-order valence-electron chi connectivity index (χ4n) is 2.79. The Morgan fingerprint density at radius 3 is 1.93 bits per heavy atom. The van der Waals surface area contributed by atoms with Crippen LogP contribution in [0.3, 0.4) is 0 Å². The Morgan fingerprint density at radius 2 is 1.41 bits per heavy atom. The third-order valence-electron chi connectivity index (χ3n) is 4.45. The van der Waals surface area contributed by atoms with Gasteiger partial charge >= 0.3 is 0 Å². The molecule has 0 aliphatic rings. The second-order valence-electron chi connectivity index (χ2n) is 7.08. The van der Waals surface area contributed by atoms with Gasteiger partial charge in [-0.05, 0) is 48.9 Å². The molecule has 0 aliphatic carbocycles. The molecule has 0 N–H and O–H groups in total. The van der Waals surface area contributed by atoms with Gasteiger partial charge in [0.15, 0.2) is 5.78 Å². The van der Waals surface area contributed by atoms with Crippen LogP contribution in [0.15, 0.2) is 42.5 Å². The van der Waals surface area contributed by atoms with Crippen molar-refractivity contribution in [3.8, 4) is 5.75 Å². The Labute approximate surface area is 171 Å². The zero-order valence-corrected chi connectivity index (χ0v) is 17.6. The van der Waals surface area contributed by atoms with Gasteiger partial charge in [-0.2, -0.15) is 0 Å². The Bertz CT molecular complexity index is 958. The summed E-state index contributed by atoms with van der Waals surface area (Å²) in [6.07, 6.45) is 3.12. The smallest absolute Gasteiger partial charge is 0.253 e. The number of ether oxygens (including phenoxy) is 1. The molecule has 0 fully saturated rings. The van der Waals surface area contributed by atoms with Crippen LogP contribution >= 0.6 is 0 Å². The van der Waals surface area contributed by atoms with Gasteiger partial charge in [0.05, 0.1) is 7.11 Å². The van der Waals surface area contributed by atoms with Crippen molar-refractivity contribution in [3.63, 3.8) is 0 Å². The van der Waals surface area contributed by atoms with Gasteiger partial charge in [0, 0.05) is 50.4 Å². The molecule has 6 nitrogen and oxygen atoms in total. The van der Waals surface area contributed by atoms with E-state index in [2.05, 4.69) is 0 Å². The van der Waals surface area contributed by atoms with E-state index in [0.717, 1.165) is 5.56 Å². The number of aryl methyl sites for hydroxylation is 1. The van der Waals surface area contributed by atoms with Crippen molar-refractivity contribution < 1.29 is 19.1 Å². The Morgan fingerprint density at radius 1 is 0.862 bits per heavy atom. The van der Waals surface area contributed by atoms with Crippen molar-refractivity contribution >= 4 is 23.7 Å². The second kappa shape index (κ2) is 9.19. The van der Waals surface area contributed by atoms with Gasteiger partial charge in [0.25, 0.3) is 11.8 Å². The van der Waals surface area contributed by atoms with Gasteiger partial charge in [-0.1, -0.05) is 12.1 Å². The molecule has 2 aromatic rings. The third-order valence-corrected chi connectivity index (χ3v) is 4.45. The maximum absolute atomic E-state index is 12.5. The molecular formula is C23H26N2O4. The van der Waals surface area contributed by atoms with Crippen LogP contribution < -0.4 is 4.74 Å². The number of carbonyl (C=O) groups excluding carboxylic acids is 3. The topological polar surface area (TPSA) is 66.9 Å². The summed E-state index contributed by atoms with van der Waals surface area (Å²) >= 11 is 0. The van der Waals surface area contributed by atoms with Gasteiger partial charge in [-0.15, -0.1) is 0 Å². The van der Waals surface area contributed by atoms with E-state index in [-0.39, 0.29) is 17.6 Å². The van der Waals surface area contributed by atoms with Crippen molar-refractivity contribution in [2.75, 3.05) is 35.3 Å². The molecule has 0 aromatic heterocycles. The van der Waals surface area contributed by atoms with Crippen molar-refractivity contribution in [3.05, 3.63) is 70.3 Å². The summed E-state index contributed by atoms with van der Waals surface area (Å²) < 4.78 is 5.40. The minimum absolute atomic E-state index is 0.111. The number of ketones is 1. The first-order chi connectivity index (χ1) is 13.6. The standard InChI is InChI=1S/C23H26N2O4/c1-15-13-18(21(29-6)14-19(15)23(28)25(4)5)11-12-20(26)16-7-9-17(10-8-16)22(27)24(2)3/h7-14H,1-6H3/b12-11+. The molecule has 0 bridgehead atoms. The highest BCUT2D eigenvalue weighted by molar-refractivity contribution is 6.07. The van der Waals surface area contributed by atoms with Crippen LogP contribution in [0.2, 0.25) is 0 Å². The molecular weight excluding hydrogens is 368 g/mol. The first-order valence-corrected chi connectivity index (χ1v) is 9.10. The van der Waals surface area contributed by atoms with Crippen molar-refractivity contribution in [2.24, 2.45) is 0 Å². The molecule has 0 saturated heterocycles. The molecule has 2 amide bonds. The molecule has 29 heavy (non-hydrogen) atoms. The van der Waals surface area contributed by atoms with E-state index >= 15 is 0 Å². The van der Waals surface area contributed by atoms with Crippen LogP contribution in [0.1, 0.15) is 42.2 Å². The highest BCUT2D eigenvalue weighted by Crippen LogP contribution is 2.25. The number of carbonyl (C=O) groups is 3. The molecule has 0 unspecified atom stereocenters. The Kier molecular flexibility index (Phi) is 6.93. The van der Waals surface area contributed by atoms with E-state index in [4.69, 9.17) is 4.74 Å². The van der Waals surface area contributed by atoms with Crippen molar-refractivity contribution in [1.82, 2.24) is 9.80 Å². The lowest BCUT2D eigenvalue weighted by Gasteiger charge is -2.15. The lowest BCUT2D eigenvalue weighted by molar-refractivity contribution is 0.0820. The number of amides is 2. The van der Waals surface area contributed by atoms with Crippen LogP contribution in [0.25, 0.3) is 6.08 Å². The molecule has 2 aromatic carbocycles. The number of benzene rings is 2. The quantitative estimate of drug-likeness (QED) is 0.557. The number of allylic oxidation sites excluding steroid dienone is 1. The number of nitrogens with zero attached hydrogens (tertiary/aromatic N) is 2. The SMILES string of the molecule is COc1cc(C(=O)N(C)C)c(C)cc1/C=C/C(=O)c1ccc(C(=O)N(C)C)cc1. The Balaban J connectivity index is 2.26. The lowest BCUT2D eigenvalue weighted by Crippen LogP contribution is -2.22. The van der Waals surface area contributed by atoms with Gasteiger partial charge < -0.3 is 14.5 Å². The average Bonchev–Trinajstić information content (AvgIpc) is 2.70. The summed E-state index contributed by atoms with van der Waals surface area (Å²) in [4.78, 5) is 39.7. The predicted octanol–water partition coefficient (Wildman–Crippen LogP) is 3.30. The van der Waals surface area contributed by atoms with Gasteiger partial charge in [-0.3, -0.25) is 14.4 Å². The third kappa shape index (κ3) is 5.10. The molecule has 0 radical (unpaired) electrons. The maximum atomic E-state index is 12.5. The highest BCUT2D eigenvalue weighted by atomic mass is 16.5. The summed E-state index contributed by atoms with van der Waals surface area (Å²) in [7, 11) is 8.26. The molecule has 2 rings (SSSR count). The number of hydrogen-bond donors (Lipinski definition) is 0. The predicted molar refractivity (Wildman–Crippen MR) is 114 cm³/mol. The van der Waals surface area contributed by atoms with E-state index in [1.165, 1.54) is 23.0 Å². The van der Waals surface area contributed by atoms with Crippen LogP contribution in [0, 0.1) is 6.92 Å². The van der Waals surface area contributed by atoms with Gasteiger partial charge in [-0.25, -0.2) is 0 Å². The molecule has 0 saturated carbocycles. The first-order valence-electron chi connectivity index (χ1n) is 9.10. The van der Waals surface area contributed by atoms with Gasteiger partial charge in [0.1, 0.15) is 5.75 Å². The molecule has 0 spiro atoms. The fourth-order valence-corrected chi connectivity index (χ4v) is 2.79. The summed E-state index contributed by atoms with van der Waals surface area (Å²) in [6.45, 7) is 1.84. The zero-order chi connectivity index (χ0) is 21.7. The van der Waals surface area contributed by atoms with Gasteiger partial charge in [0.2, 0.25) is 0 Å². The zero-order valence-electron chi connectivity index (χ0n) is 17.6. The molecule has 0 atom stereocenters. The Hall–Kier alpha value is -3.41. The van der Waals surface area contributed by atoms with E-state index < -0.39 is 0 Å². The normalized spacial score (nSPS) is 10.7. The molecule has 0 heterocycles. The number of hydrogen-bond acceptors (Lipinski definition) is 4. The molecule has 0 aliphatic heterocycles. The van der Waals surface area contributed by atoms with E-state index in [1.54, 1.807) is 64.6 Å². The van der Waals surface area contributed by atoms with Crippen LogP contribution in [-0.4, -0.2) is 62.7 Å². The number of methoxy groups -OCH3 is 1. The van der Waals surface area contributed by atoms with Crippen LogP contribution in [0.4, 0.5) is 0 Å². The van der Waals surface area contributed by atoms with Crippen LogP contribution in [0.5, 0.6) is 5.75 Å². The second-order valence-corrected chi connectivity index (χ2v) is 7.08. The van der Waals surface area contributed by atoms with Crippen molar-refractivity contribution in [2.45, 2.75) is 6.92 Å². The molecule has 6 heteroatoms.